The molecule has 0 aliphatic carbocycles. The van der Waals surface area contributed by atoms with Gasteiger partial charge in [0.1, 0.15) is 0 Å². The van der Waals surface area contributed by atoms with Gasteiger partial charge in [0.15, 0.2) is 5.82 Å². The molecule has 1 atom stereocenters. The first-order chi connectivity index (χ1) is 12.0. The van der Waals surface area contributed by atoms with Crippen LogP contribution in [0.5, 0.6) is 6.01 Å². The Kier molecular flexibility index (Phi) is 4.73. The van der Waals surface area contributed by atoms with Crippen molar-refractivity contribution in [3.05, 3.63) is 48.3 Å². The number of rotatable bonds is 6. The van der Waals surface area contributed by atoms with Crippen LogP contribution in [0.2, 0.25) is 0 Å². The largest absolute Gasteiger partial charge is 0.467 e. The first-order valence-corrected chi connectivity index (χ1v) is 9.42. The van der Waals surface area contributed by atoms with Gasteiger partial charge < -0.3 is 4.74 Å². The average molecular weight is 360 g/mol. The van der Waals surface area contributed by atoms with Crippen LogP contribution in [0.25, 0.3) is 10.8 Å². The first kappa shape index (κ1) is 17.4. The van der Waals surface area contributed by atoms with Crippen LogP contribution in [0.15, 0.2) is 47.4 Å². The van der Waals surface area contributed by atoms with E-state index in [4.69, 9.17) is 4.74 Å². The summed E-state index contributed by atoms with van der Waals surface area (Å²) in [5, 5.41) is 9.84. The highest BCUT2D eigenvalue weighted by atomic mass is 32.2. The molecule has 132 valence electrons. The fourth-order valence-corrected chi connectivity index (χ4v) is 3.99. The van der Waals surface area contributed by atoms with Crippen LogP contribution >= 0.6 is 0 Å². The van der Waals surface area contributed by atoms with Crippen LogP contribution in [0.4, 0.5) is 0 Å². The minimum Gasteiger partial charge on any atom is -0.467 e. The van der Waals surface area contributed by atoms with Gasteiger partial charge in [0.25, 0.3) is 0 Å². The zero-order valence-corrected chi connectivity index (χ0v) is 15.1. The SMILES string of the molecule is CCn1c(OC)nnc1[C@@H](C)NS(=O)(=O)c1ccc2ccccc2c1. The third-order valence-electron chi connectivity index (χ3n) is 3.99. The maximum atomic E-state index is 12.7. The van der Waals surface area contributed by atoms with Crippen molar-refractivity contribution in [2.24, 2.45) is 0 Å². The molecule has 0 amide bonds. The lowest BCUT2D eigenvalue weighted by atomic mass is 10.1. The molecule has 0 radical (unpaired) electrons. The molecular formula is C17H20N4O3S. The Labute approximate surface area is 146 Å². The normalized spacial score (nSPS) is 13.1. The number of benzene rings is 2. The number of methoxy groups -OCH3 is 1. The van der Waals surface area contributed by atoms with Crippen LogP contribution < -0.4 is 9.46 Å². The second-order valence-electron chi connectivity index (χ2n) is 5.64. The summed E-state index contributed by atoms with van der Waals surface area (Å²) in [5.41, 5.74) is 0. The first-order valence-electron chi connectivity index (χ1n) is 7.94. The van der Waals surface area contributed by atoms with Gasteiger partial charge in [0.05, 0.1) is 18.0 Å². The summed E-state index contributed by atoms with van der Waals surface area (Å²) < 4.78 is 35.0. The number of hydrogen-bond acceptors (Lipinski definition) is 5. The Bertz CT molecular complexity index is 998. The highest BCUT2D eigenvalue weighted by Gasteiger charge is 2.23. The molecule has 1 aromatic heterocycles. The van der Waals surface area contributed by atoms with E-state index < -0.39 is 16.1 Å². The molecule has 3 aromatic rings. The highest BCUT2D eigenvalue weighted by molar-refractivity contribution is 7.89. The molecule has 0 spiro atoms. The maximum Gasteiger partial charge on any atom is 0.316 e. The molecule has 2 aromatic carbocycles. The standard InChI is InChI=1S/C17H20N4O3S/c1-4-21-16(18-19-17(21)24-3)12(2)20-25(22,23)15-10-9-13-7-5-6-8-14(13)11-15/h5-12,20H,4H2,1-3H3/t12-/m1/s1. The van der Waals surface area contributed by atoms with E-state index in [0.717, 1.165) is 10.8 Å². The van der Waals surface area contributed by atoms with Crippen LogP contribution in [0.1, 0.15) is 25.7 Å². The Morgan fingerprint density at radius 3 is 2.56 bits per heavy atom. The Hall–Kier alpha value is -2.45. The van der Waals surface area contributed by atoms with E-state index in [1.807, 2.05) is 31.2 Å². The monoisotopic (exact) mass is 360 g/mol. The van der Waals surface area contributed by atoms with Crippen molar-refractivity contribution in [3.63, 3.8) is 0 Å². The highest BCUT2D eigenvalue weighted by Crippen LogP contribution is 2.22. The number of fused-ring (bicyclic) bond motifs is 1. The average Bonchev–Trinajstić information content (AvgIpc) is 3.04. The summed E-state index contributed by atoms with van der Waals surface area (Å²) >= 11 is 0. The van der Waals surface area contributed by atoms with E-state index in [2.05, 4.69) is 14.9 Å². The summed E-state index contributed by atoms with van der Waals surface area (Å²) in [7, 11) is -2.19. The number of hydrogen-bond donors (Lipinski definition) is 1. The minimum absolute atomic E-state index is 0.215. The second-order valence-corrected chi connectivity index (χ2v) is 7.36. The van der Waals surface area contributed by atoms with E-state index >= 15 is 0 Å². The van der Waals surface area contributed by atoms with Gasteiger partial charge in [-0.15, -0.1) is 5.10 Å². The van der Waals surface area contributed by atoms with E-state index in [1.165, 1.54) is 7.11 Å². The van der Waals surface area contributed by atoms with Gasteiger partial charge in [-0.1, -0.05) is 35.4 Å². The molecule has 0 saturated heterocycles. The summed E-state index contributed by atoms with van der Waals surface area (Å²) in [6, 6.07) is 12.5. The zero-order chi connectivity index (χ0) is 18.0. The molecule has 7 nitrogen and oxygen atoms in total. The number of ether oxygens (including phenoxy) is 1. The van der Waals surface area contributed by atoms with Crippen molar-refractivity contribution >= 4 is 20.8 Å². The number of nitrogens with zero attached hydrogens (tertiary/aromatic N) is 3. The lowest BCUT2D eigenvalue weighted by molar-refractivity contribution is 0.354. The van der Waals surface area contributed by atoms with Crippen molar-refractivity contribution in [2.45, 2.75) is 31.3 Å². The molecule has 25 heavy (non-hydrogen) atoms. The second kappa shape index (κ2) is 6.81. The predicted molar refractivity (Wildman–Crippen MR) is 94.9 cm³/mol. The third kappa shape index (κ3) is 3.35. The quantitative estimate of drug-likeness (QED) is 0.730. The Morgan fingerprint density at radius 1 is 1.16 bits per heavy atom. The molecule has 0 bridgehead atoms. The number of aromatic nitrogens is 3. The maximum absolute atomic E-state index is 12.7. The van der Waals surface area contributed by atoms with Crippen molar-refractivity contribution in [2.75, 3.05) is 7.11 Å². The molecule has 1 N–H and O–H groups in total. The van der Waals surface area contributed by atoms with Gasteiger partial charge in [-0.25, -0.2) is 13.1 Å². The fraction of sp³-hybridized carbons (Fsp3) is 0.294. The van der Waals surface area contributed by atoms with E-state index in [9.17, 15) is 8.42 Å². The fourth-order valence-electron chi connectivity index (χ4n) is 2.76. The number of nitrogens with one attached hydrogen (secondary N) is 1. The predicted octanol–water partition coefficient (Wildman–Crippen LogP) is 2.50. The van der Waals surface area contributed by atoms with Crippen molar-refractivity contribution < 1.29 is 13.2 Å². The van der Waals surface area contributed by atoms with Crippen LogP contribution in [-0.2, 0) is 16.6 Å². The van der Waals surface area contributed by atoms with Gasteiger partial charge in [0, 0.05) is 6.54 Å². The smallest absolute Gasteiger partial charge is 0.316 e. The molecule has 0 aliphatic rings. The summed E-state index contributed by atoms with van der Waals surface area (Å²) in [6.45, 7) is 4.22. The van der Waals surface area contributed by atoms with Crippen molar-refractivity contribution in [3.8, 4) is 6.01 Å². The minimum atomic E-state index is -3.69. The molecule has 0 saturated carbocycles. The molecular weight excluding hydrogens is 340 g/mol. The van der Waals surface area contributed by atoms with Crippen LogP contribution in [-0.4, -0.2) is 30.3 Å². The molecule has 0 aliphatic heterocycles. The molecule has 8 heteroatoms. The lowest BCUT2D eigenvalue weighted by Crippen LogP contribution is -2.29. The Morgan fingerprint density at radius 2 is 1.88 bits per heavy atom. The molecule has 0 fully saturated rings. The van der Waals surface area contributed by atoms with Crippen molar-refractivity contribution in [1.82, 2.24) is 19.5 Å². The molecule has 1 heterocycles. The van der Waals surface area contributed by atoms with Crippen LogP contribution in [0.3, 0.4) is 0 Å². The van der Waals surface area contributed by atoms with Gasteiger partial charge in [-0.2, -0.15) is 0 Å². The third-order valence-corrected chi connectivity index (χ3v) is 5.53. The van der Waals surface area contributed by atoms with Crippen LogP contribution in [0, 0.1) is 0 Å². The van der Waals surface area contributed by atoms with Gasteiger partial charge >= 0.3 is 6.01 Å². The summed E-state index contributed by atoms with van der Waals surface area (Å²) in [6.07, 6.45) is 0. The lowest BCUT2D eigenvalue weighted by Gasteiger charge is -2.15. The summed E-state index contributed by atoms with van der Waals surface area (Å²) in [4.78, 5) is 0.215. The van der Waals surface area contributed by atoms with Gasteiger partial charge in [0.2, 0.25) is 10.0 Å². The molecule has 0 unspecified atom stereocenters. The zero-order valence-electron chi connectivity index (χ0n) is 14.3. The van der Waals surface area contributed by atoms with Gasteiger partial charge in [-0.05, 0) is 36.8 Å². The van der Waals surface area contributed by atoms with E-state index in [1.54, 1.807) is 29.7 Å². The Balaban J connectivity index is 1.91. The van der Waals surface area contributed by atoms with Crippen molar-refractivity contribution in [1.29, 1.82) is 0 Å². The topological polar surface area (TPSA) is 86.1 Å². The summed E-state index contributed by atoms with van der Waals surface area (Å²) in [5.74, 6) is 0.503. The van der Waals surface area contributed by atoms with E-state index in [0.29, 0.717) is 18.4 Å². The number of sulfonamides is 1. The van der Waals surface area contributed by atoms with E-state index in [-0.39, 0.29) is 4.90 Å². The molecule has 3 rings (SSSR count). The van der Waals surface area contributed by atoms with Gasteiger partial charge in [-0.3, -0.25) is 4.57 Å².